The molecule has 1 aliphatic heterocycles. The summed E-state index contributed by atoms with van der Waals surface area (Å²) in [5.74, 6) is 2.53. The second-order valence-corrected chi connectivity index (χ2v) is 11.9. The maximum atomic E-state index is 6.30. The molecule has 0 spiro atoms. The van der Waals surface area contributed by atoms with Crippen LogP contribution >= 0.6 is 0 Å². The molecule has 1 heteroatoms. The van der Waals surface area contributed by atoms with Gasteiger partial charge in [0.1, 0.15) is 0 Å². The summed E-state index contributed by atoms with van der Waals surface area (Å²) in [7, 11) is 0. The number of benzene rings is 2. The second-order valence-electron chi connectivity index (χ2n) is 11.9. The largest absolute Gasteiger partial charge is 0.373 e. The zero-order valence-electron chi connectivity index (χ0n) is 23.4. The first-order valence-electron chi connectivity index (χ1n) is 15.6. The molecule has 0 radical (unpaired) electrons. The van der Waals surface area contributed by atoms with Gasteiger partial charge in [0.15, 0.2) is 0 Å². The Labute approximate surface area is 222 Å². The van der Waals surface area contributed by atoms with Gasteiger partial charge in [-0.2, -0.15) is 0 Å². The normalized spacial score (nSPS) is 24.6. The Morgan fingerprint density at radius 3 is 1.61 bits per heavy atom. The highest BCUT2D eigenvalue weighted by atomic mass is 16.5. The standard InChI is InChI=1S/C35H52O/c1-3-5-7-9-11-28-13-16-30(17-14-28)31-18-20-32(21-19-31)33-22-24-34(25-23-33)35-26-15-29(27-36-35)12-10-8-6-4-2/h18-25,28-30,35H,3-17,26-27H2,1-2H3. The fourth-order valence-electron chi connectivity index (χ4n) is 6.64. The molecule has 4 rings (SSSR count). The lowest BCUT2D eigenvalue weighted by Gasteiger charge is -2.29. The van der Waals surface area contributed by atoms with Crippen molar-refractivity contribution in [3.8, 4) is 11.1 Å². The van der Waals surface area contributed by atoms with Gasteiger partial charge < -0.3 is 4.74 Å². The van der Waals surface area contributed by atoms with E-state index >= 15 is 0 Å². The number of rotatable bonds is 13. The molecule has 2 aliphatic rings. The predicted octanol–water partition coefficient (Wildman–Crippen LogP) is 11.0. The van der Waals surface area contributed by atoms with Crippen molar-refractivity contribution in [2.45, 2.75) is 129 Å². The summed E-state index contributed by atoms with van der Waals surface area (Å²) in [4.78, 5) is 0. The topological polar surface area (TPSA) is 9.23 Å². The number of hydrogen-bond donors (Lipinski definition) is 0. The van der Waals surface area contributed by atoms with E-state index in [1.165, 1.54) is 119 Å². The quantitative estimate of drug-likeness (QED) is 0.255. The van der Waals surface area contributed by atoms with Crippen LogP contribution in [-0.4, -0.2) is 6.61 Å². The third-order valence-corrected chi connectivity index (χ3v) is 9.15. The molecule has 1 heterocycles. The highest BCUT2D eigenvalue weighted by Gasteiger charge is 2.23. The summed E-state index contributed by atoms with van der Waals surface area (Å²) in [6, 6.07) is 18.7. The van der Waals surface area contributed by atoms with Crippen molar-refractivity contribution in [3.05, 3.63) is 59.7 Å². The lowest BCUT2D eigenvalue weighted by Crippen LogP contribution is -2.20. The molecule has 1 saturated heterocycles. The van der Waals surface area contributed by atoms with Crippen LogP contribution in [0.4, 0.5) is 0 Å². The minimum Gasteiger partial charge on any atom is -0.373 e. The minimum atomic E-state index is 0.287. The van der Waals surface area contributed by atoms with Crippen LogP contribution in [0.15, 0.2) is 48.5 Å². The van der Waals surface area contributed by atoms with Crippen LogP contribution in [0.5, 0.6) is 0 Å². The van der Waals surface area contributed by atoms with Crippen molar-refractivity contribution >= 4 is 0 Å². The first-order chi connectivity index (χ1) is 17.8. The molecule has 198 valence electrons. The van der Waals surface area contributed by atoms with Gasteiger partial charge in [-0.05, 0) is 85.0 Å². The van der Waals surface area contributed by atoms with Gasteiger partial charge in [0.2, 0.25) is 0 Å². The number of unbranched alkanes of at least 4 members (excludes halogenated alkanes) is 6. The minimum absolute atomic E-state index is 0.287. The molecule has 1 aliphatic carbocycles. The zero-order chi connectivity index (χ0) is 25.0. The van der Waals surface area contributed by atoms with E-state index in [1.54, 1.807) is 5.56 Å². The monoisotopic (exact) mass is 488 g/mol. The maximum Gasteiger partial charge on any atom is 0.0825 e. The fraction of sp³-hybridized carbons (Fsp3) is 0.657. The fourth-order valence-corrected chi connectivity index (χ4v) is 6.64. The van der Waals surface area contributed by atoms with Gasteiger partial charge in [-0.15, -0.1) is 0 Å². The zero-order valence-corrected chi connectivity index (χ0v) is 23.4. The molecule has 2 aromatic rings. The van der Waals surface area contributed by atoms with E-state index in [0.717, 1.165) is 24.4 Å². The third kappa shape index (κ3) is 8.20. The molecule has 1 saturated carbocycles. The Morgan fingerprint density at radius 1 is 0.556 bits per heavy atom. The second kappa shape index (κ2) is 15.0. The molecule has 2 fully saturated rings. The first-order valence-corrected chi connectivity index (χ1v) is 15.6. The van der Waals surface area contributed by atoms with Crippen molar-refractivity contribution < 1.29 is 4.74 Å². The van der Waals surface area contributed by atoms with E-state index in [1.807, 2.05) is 0 Å². The van der Waals surface area contributed by atoms with Crippen molar-refractivity contribution in [2.24, 2.45) is 11.8 Å². The van der Waals surface area contributed by atoms with Crippen LogP contribution in [-0.2, 0) is 4.74 Å². The third-order valence-electron chi connectivity index (χ3n) is 9.15. The molecule has 2 aromatic carbocycles. The predicted molar refractivity (Wildman–Crippen MR) is 156 cm³/mol. The first kappa shape index (κ1) is 27.4. The molecular formula is C35H52O. The van der Waals surface area contributed by atoms with E-state index in [4.69, 9.17) is 4.74 Å². The molecule has 2 atom stereocenters. The van der Waals surface area contributed by atoms with Gasteiger partial charge in [-0.1, -0.05) is 120 Å². The lowest BCUT2D eigenvalue weighted by atomic mass is 9.77. The summed E-state index contributed by atoms with van der Waals surface area (Å²) in [6.45, 7) is 5.54. The number of ether oxygens (including phenoxy) is 1. The van der Waals surface area contributed by atoms with E-state index in [9.17, 15) is 0 Å². The molecule has 0 aromatic heterocycles. The Balaban J connectivity index is 1.22. The van der Waals surface area contributed by atoms with Crippen molar-refractivity contribution in [1.29, 1.82) is 0 Å². The van der Waals surface area contributed by atoms with Gasteiger partial charge in [0, 0.05) is 0 Å². The van der Waals surface area contributed by atoms with E-state index in [0.29, 0.717) is 0 Å². The molecular weight excluding hydrogens is 436 g/mol. The summed E-state index contributed by atoms with van der Waals surface area (Å²) >= 11 is 0. The van der Waals surface area contributed by atoms with Crippen LogP contribution in [0.2, 0.25) is 0 Å². The van der Waals surface area contributed by atoms with Crippen LogP contribution in [0, 0.1) is 11.8 Å². The average Bonchev–Trinajstić information content (AvgIpc) is 2.94. The summed E-state index contributed by atoms with van der Waals surface area (Å²) in [6.07, 6.45) is 22.3. The van der Waals surface area contributed by atoms with Crippen molar-refractivity contribution in [3.63, 3.8) is 0 Å². The van der Waals surface area contributed by atoms with Gasteiger partial charge in [-0.3, -0.25) is 0 Å². The molecule has 0 N–H and O–H groups in total. The summed E-state index contributed by atoms with van der Waals surface area (Å²) in [5.41, 5.74) is 5.57. The van der Waals surface area contributed by atoms with Crippen molar-refractivity contribution in [1.82, 2.24) is 0 Å². The van der Waals surface area contributed by atoms with Crippen LogP contribution in [0.3, 0.4) is 0 Å². The molecule has 36 heavy (non-hydrogen) atoms. The number of hydrogen-bond acceptors (Lipinski definition) is 1. The average molecular weight is 489 g/mol. The Kier molecular flexibility index (Phi) is 11.4. The highest BCUT2D eigenvalue weighted by molar-refractivity contribution is 5.64. The molecule has 0 bridgehead atoms. The van der Waals surface area contributed by atoms with Gasteiger partial charge in [-0.25, -0.2) is 0 Å². The maximum absolute atomic E-state index is 6.30. The Bertz CT molecular complexity index is 762. The SMILES string of the molecule is CCCCCCC1CCC(c2ccc(-c3ccc(C4CCC(CCCCCC)CO4)cc3)cc2)CC1. The van der Waals surface area contributed by atoms with Gasteiger partial charge in [0.05, 0.1) is 12.7 Å². The Hall–Kier alpha value is -1.60. The molecule has 2 unspecified atom stereocenters. The van der Waals surface area contributed by atoms with Crippen molar-refractivity contribution in [2.75, 3.05) is 6.61 Å². The van der Waals surface area contributed by atoms with Crippen LogP contribution in [0.1, 0.15) is 140 Å². The Morgan fingerprint density at radius 2 is 1.08 bits per heavy atom. The molecule has 0 amide bonds. The molecule has 1 nitrogen and oxygen atoms in total. The van der Waals surface area contributed by atoms with Crippen LogP contribution < -0.4 is 0 Å². The van der Waals surface area contributed by atoms with E-state index in [2.05, 4.69) is 62.4 Å². The smallest absolute Gasteiger partial charge is 0.0825 e. The van der Waals surface area contributed by atoms with Gasteiger partial charge in [0.25, 0.3) is 0 Å². The van der Waals surface area contributed by atoms with Gasteiger partial charge >= 0.3 is 0 Å². The van der Waals surface area contributed by atoms with Crippen LogP contribution in [0.25, 0.3) is 11.1 Å². The summed E-state index contributed by atoms with van der Waals surface area (Å²) in [5, 5.41) is 0. The highest BCUT2D eigenvalue weighted by Crippen LogP contribution is 2.39. The summed E-state index contributed by atoms with van der Waals surface area (Å²) < 4.78 is 6.30. The van der Waals surface area contributed by atoms with E-state index in [-0.39, 0.29) is 6.10 Å². The lowest BCUT2D eigenvalue weighted by molar-refractivity contribution is -0.0198. The van der Waals surface area contributed by atoms with E-state index < -0.39 is 0 Å².